The molecule has 1 aromatic rings. The minimum Gasteiger partial charge on any atom is -0.456 e. The summed E-state index contributed by atoms with van der Waals surface area (Å²) in [4.78, 5) is 11.8. The minimum atomic E-state index is -0.308. The summed E-state index contributed by atoms with van der Waals surface area (Å²) in [5, 5.41) is 2.89. The van der Waals surface area contributed by atoms with Crippen LogP contribution >= 0.6 is 11.6 Å². The first kappa shape index (κ1) is 13.1. The highest BCUT2D eigenvalue weighted by Gasteiger charge is 2.22. The zero-order chi connectivity index (χ0) is 12.2. The largest absolute Gasteiger partial charge is 0.456 e. The molecule has 0 aliphatic heterocycles. The van der Waals surface area contributed by atoms with Crippen LogP contribution in [0, 0.1) is 0 Å². The lowest BCUT2D eigenvalue weighted by atomic mass is 10.0. The first-order valence-electron chi connectivity index (χ1n) is 5.45. The van der Waals surface area contributed by atoms with Crippen molar-refractivity contribution in [1.29, 1.82) is 0 Å². The van der Waals surface area contributed by atoms with Crippen molar-refractivity contribution < 1.29 is 9.21 Å². The molecule has 0 bridgehead atoms. The second kappa shape index (κ2) is 5.39. The predicted molar refractivity (Wildman–Crippen MR) is 65.0 cm³/mol. The quantitative estimate of drug-likeness (QED) is 0.808. The Kier molecular flexibility index (Phi) is 4.42. The molecule has 4 heteroatoms. The zero-order valence-electron chi connectivity index (χ0n) is 9.97. The average molecular weight is 244 g/mol. The number of aryl methyl sites for hydroxylation is 1. The van der Waals surface area contributed by atoms with Crippen LogP contribution in [0.5, 0.6) is 0 Å². The third-order valence-corrected chi connectivity index (χ3v) is 2.59. The maximum atomic E-state index is 11.8. The Hall–Kier alpha value is -0.960. The monoisotopic (exact) mass is 243 g/mol. The van der Waals surface area contributed by atoms with Gasteiger partial charge in [-0.25, -0.2) is 0 Å². The van der Waals surface area contributed by atoms with Crippen molar-refractivity contribution in [2.75, 3.05) is 5.88 Å². The van der Waals surface area contributed by atoms with Crippen molar-refractivity contribution in [2.45, 2.75) is 39.2 Å². The average Bonchev–Trinajstić information content (AvgIpc) is 2.64. The molecule has 0 aromatic carbocycles. The van der Waals surface area contributed by atoms with E-state index in [0.29, 0.717) is 11.6 Å². The molecule has 0 radical (unpaired) electrons. The number of carbonyl (C=O) groups is 1. The van der Waals surface area contributed by atoms with E-state index in [0.717, 1.165) is 18.6 Å². The lowest BCUT2D eigenvalue weighted by Gasteiger charge is -2.24. The van der Waals surface area contributed by atoms with Crippen molar-refractivity contribution in [1.82, 2.24) is 5.32 Å². The van der Waals surface area contributed by atoms with E-state index < -0.39 is 0 Å². The molecule has 0 spiro atoms. The Morgan fingerprint density at radius 2 is 2.19 bits per heavy atom. The van der Waals surface area contributed by atoms with Crippen molar-refractivity contribution in [3.05, 3.63) is 23.7 Å². The predicted octanol–water partition coefficient (Wildman–Crippen LogP) is 2.98. The molecule has 0 atom stereocenters. The summed E-state index contributed by atoms with van der Waals surface area (Å²) in [6.45, 7) is 5.87. The molecule has 1 heterocycles. The first-order valence-corrected chi connectivity index (χ1v) is 5.99. The van der Waals surface area contributed by atoms with E-state index in [1.165, 1.54) is 0 Å². The van der Waals surface area contributed by atoms with Gasteiger partial charge in [-0.3, -0.25) is 4.79 Å². The standard InChI is InChI=1S/C12H18ClNO2/c1-4-9-5-6-10(16-9)11(15)14-12(2,3)7-8-13/h5-6H,4,7-8H2,1-3H3,(H,14,15). The van der Waals surface area contributed by atoms with Gasteiger partial charge in [-0.05, 0) is 32.4 Å². The molecule has 3 nitrogen and oxygen atoms in total. The highest BCUT2D eigenvalue weighted by Crippen LogP contribution is 2.13. The molecule has 0 saturated carbocycles. The molecule has 0 aliphatic rings. The Labute approximate surface area is 101 Å². The smallest absolute Gasteiger partial charge is 0.287 e. The van der Waals surface area contributed by atoms with Crippen LogP contribution in [0.1, 0.15) is 43.5 Å². The molecule has 0 aliphatic carbocycles. The van der Waals surface area contributed by atoms with Gasteiger partial charge in [-0.1, -0.05) is 6.92 Å². The molecule has 16 heavy (non-hydrogen) atoms. The van der Waals surface area contributed by atoms with Crippen molar-refractivity contribution in [2.24, 2.45) is 0 Å². The number of furan rings is 1. The van der Waals surface area contributed by atoms with Gasteiger partial charge in [0, 0.05) is 17.8 Å². The molecule has 0 saturated heterocycles. The van der Waals surface area contributed by atoms with Crippen molar-refractivity contribution in [3.63, 3.8) is 0 Å². The molecular formula is C12H18ClNO2. The number of hydrogen-bond acceptors (Lipinski definition) is 2. The third-order valence-electron chi connectivity index (χ3n) is 2.41. The summed E-state index contributed by atoms with van der Waals surface area (Å²) in [5.74, 6) is 1.51. The number of hydrogen-bond donors (Lipinski definition) is 1. The van der Waals surface area contributed by atoms with Gasteiger partial charge in [-0.15, -0.1) is 11.6 Å². The van der Waals surface area contributed by atoms with Crippen LogP contribution in [0.25, 0.3) is 0 Å². The van der Waals surface area contributed by atoms with Gasteiger partial charge in [0.25, 0.3) is 5.91 Å². The minimum absolute atomic E-state index is 0.185. The van der Waals surface area contributed by atoms with E-state index in [1.54, 1.807) is 6.07 Å². The zero-order valence-corrected chi connectivity index (χ0v) is 10.7. The van der Waals surface area contributed by atoms with Crippen LogP contribution in [-0.4, -0.2) is 17.3 Å². The highest BCUT2D eigenvalue weighted by molar-refractivity contribution is 6.17. The molecule has 1 N–H and O–H groups in total. The summed E-state index contributed by atoms with van der Waals surface area (Å²) in [5.41, 5.74) is -0.308. The van der Waals surface area contributed by atoms with E-state index >= 15 is 0 Å². The summed E-state index contributed by atoms with van der Waals surface area (Å²) >= 11 is 5.67. The van der Waals surface area contributed by atoms with Gasteiger partial charge >= 0.3 is 0 Å². The molecule has 0 unspecified atom stereocenters. The molecule has 90 valence electrons. The van der Waals surface area contributed by atoms with Gasteiger partial charge < -0.3 is 9.73 Å². The maximum Gasteiger partial charge on any atom is 0.287 e. The van der Waals surface area contributed by atoms with E-state index in [-0.39, 0.29) is 11.4 Å². The topological polar surface area (TPSA) is 42.2 Å². The number of rotatable bonds is 5. The van der Waals surface area contributed by atoms with Crippen molar-refractivity contribution in [3.8, 4) is 0 Å². The van der Waals surface area contributed by atoms with E-state index in [1.807, 2.05) is 26.8 Å². The summed E-state index contributed by atoms with van der Waals surface area (Å²) in [6.07, 6.45) is 1.51. The molecule has 0 fully saturated rings. The second-order valence-corrected chi connectivity index (χ2v) is 4.77. The third kappa shape index (κ3) is 3.56. The summed E-state index contributed by atoms with van der Waals surface area (Å²) < 4.78 is 5.37. The normalized spacial score (nSPS) is 11.5. The van der Waals surface area contributed by atoms with Gasteiger partial charge in [0.05, 0.1) is 0 Å². The number of amides is 1. The number of carbonyl (C=O) groups excluding carboxylic acids is 1. The Morgan fingerprint density at radius 1 is 1.50 bits per heavy atom. The Morgan fingerprint density at radius 3 is 2.69 bits per heavy atom. The fourth-order valence-electron chi connectivity index (χ4n) is 1.36. The van der Waals surface area contributed by atoms with Gasteiger partial charge in [0.2, 0.25) is 0 Å². The molecule has 1 aromatic heterocycles. The van der Waals surface area contributed by atoms with E-state index in [4.69, 9.17) is 16.0 Å². The van der Waals surface area contributed by atoms with E-state index in [2.05, 4.69) is 5.32 Å². The number of alkyl halides is 1. The van der Waals surface area contributed by atoms with Crippen LogP contribution in [0.4, 0.5) is 0 Å². The Balaban J connectivity index is 2.65. The summed E-state index contributed by atoms with van der Waals surface area (Å²) in [6, 6.07) is 3.52. The van der Waals surface area contributed by atoms with Gasteiger partial charge in [0.15, 0.2) is 5.76 Å². The molecular weight excluding hydrogens is 226 g/mol. The van der Waals surface area contributed by atoms with Crippen LogP contribution in [-0.2, 0) is 6.42 Å². The Bertz CT molecular complexity index is 358. The SMILES string of the molecule is CCc1ccc(C(=O)NC(C)(C)CCCl)o1. The van der Waals surface area contributed by atoms with Crippen LogP contribution < -0.4 is 5.32 Å². The van der Waals surface area contributed by atoms with E-state index in [9.17, 15) is 4.79 Å². The van der Waals surface area contributed by atoms with Crippen LogP contribution in [0.3, 0.4) is 0 Å². The lowest BCUT2D eigenvalue weighted by Crippen LogP contribution is -2.43. The maximum absolute atomic E-state index is 11.8. The number of nitrogens with one attached hydrogen (secondary N) is 1. The second-order valence-electron chi connectivity index (χ2n) is 4.40. The van der Waals surface area contributed by atoms with Gasteiger partial charge in [-0.2, -0.15) is 0 Å². The van der Waals surface area contributed by atoms with Gasteiger partial charge in [0.1, 0.15) is 5.76 Å². The van der Waals surface area contributed by atoms with Crippen LogP contribution in [0.15, 0.2) is 16.5 Å². The fraction of sp³-hybridized carbons (Fsp3) is 0.583. The highest BCUT2D eigenvalue weighted by atomic mass is 35.5. The van der Waals surface area contributed by atoms with Crippen molar-refractivity contribution >= 4 is 17.5 Å². The molecule has 1 rings (SSSR count). The van der Waals surface area contributed by atoms with Crippen LogP contribution in [0.2, 0.25) is 0 Å². The number of halogens is 1. The molecule has 1 amide bonds. The lowest BCUT2D eigenvalue weighted by molar-refractivity contribution is 0.0881. The summed E-state index contributed by atoms with van der Waals surface area (Å²) in [7, 11) is 0. The first-order chi connectivity index (χ1) is 7.48. The fourth-order valence-corrected chi connectivity index (χ4v) is 1.83.